The van der Waals surface area contributed by atoms with Crippen LogP contribution < -0.4 is 10.6 Å². The summed E-state index contributed by atoms with van der Waals surface area (Å²) in [4.78, 5) is 20.0. The second-order valence-electron chi connectivity index (χ2n) is 4.18. The number of hydrogen-bond donors (Lipinski definition) is 1. The normalized spacial score (nSPS) is 14.6. The zero-order chi connectivity index (χ0) is 12.4. The van der Waals surface area contributed by atoms with Crippen LogP contribution in [0.5, 0.6) is 0 Å². The van der Waals surface area contributed by atoms with Crippen molar-refractivity contribution in [3.63, 3.8) is 0 Å². The number of nitrogens with two attached hydrogens (primary N) is 1. The van der Waals surface area contributed by atoms with Crippen LogP contribution in [-0.2, 0) is 0 Å². The summed E-state index contributed by atoms with van der Waals surface area (Å²) < 4.78 is 0. The first-order valence-corrected chi connectivity index (χ1v) is 5.63. The molecule has 1 aliphatic rings. The van der Waals surface area contributed by atoms with E-state index in [0.717, 1.165) is 13.1 Å². The first-order chi connectivity index (χ1) is 8.11. The summed E-state index contributed by atoms with van der Waals surface area (Å²) in [7, 11) is 0. The minimum absolute atomic E-state index is 0.0748. The molecule has 1 saturated carbocycles. The Hall–Kier alpha value is -1.92. The lowest BCUT2D eigenvalue weighted by Crippen LogP contribution is -2.27. The third kappa shape index (κ3) is 2.61. The molecular formula is C10H15N5O2. The molecule has 1 aliphatic carbocycles. The van der Waals surface area contributed by atoms with E-state index in [0.29, 0.717) is 11.9 Å². The number of nitrogens with zero attached hydrogens (tertiary/aromatic N) is 4. The van der Waals surface area contributed by atoms with Crippen LogP contribution in [0.4, 0.5) is 17.5 Å². The van der Waals surface area contributed by atoms with Crippen molar-refractivity contribution in [2.45, 2.75) is 19.8 Å². The maximum absolute atomic E-state index is 10.6. The van der Waals surface area contributed by atoms with Crippen LogP contribution in [0.3, 0.4) is 0 Å². The fourth-order valence-electron chi connectivity index (χ4n) is 1.64. The maximum Gasteiger partial charge on any atom is 0.329 e. The third-order valence-electron chi connectivity index (χ3n) is 2.82. The average molecular weight is 237 g/mol. The second-order valence-corrected chi connectivity index (χ2v) is 4.18. The Kier molecular flexibility index (Phi) is 3.08. The monoisotopic (exact) mass is 237 g/mol. The van der Waals surface area contributed by atoms with E-state index in [-0.39, 0.29) is 11.5 Å². The van der Waals surface area contributed by atoms with E-state index in [9.17, 15) is 10.1 Å². The van der Waals surface area contributed by atoms with Gasteiger partial charge < -0.3 is 10.6 Å². The highest BCUT2D eigenvalue weighted by Crippen LogP contribution is 2.31. The van der Waals surface area contributed by atoms with Crippen molar-refractivity contribution in [2.75, 3.05) is 23.7 Å². The van der Waals surface area contributed by atoms with E-state index < -0.39 is 4.92 Å². The summed E-state index contributed by atoms with van der Waals surface area (Å²) in [5.41, 5.74) is 5.30. The van der Waals surface area contributed by atoms with Crippen molar-refractivity contribution in [3.05, 3.63) is 16.3 Å². The Morgan fingerprint density at radius 2 is 2.35 bits per heavy atom. The molecule has 0 bridgehead atoms. The quantitative estimate of drug-likeness (QED) is 0.610. The highest BCUT2D eigenvalue weighted by Gasteiger charge is 2.25. The molecule has 0 spiro atoms. The minimum Gasteiger partial charge on any atom is -0.378 e. The molecule has 0 unspecified atom stereocenters. The van der Waals surface area contributed by atoms with Gasteiger partial charge in [-0.25, -0.2) is 4.98 Å². The lowest BCUT2D eigenvalue weighted by atomic mass is 10.4. The van der Waals surface area contributed by atoms with Gasteiger partial charge in [0.05, 0.1) is 4.92 Å². The van der Waals surface area contributed by atoms with Crippen molar-refractivity contribution in [2.24, 2.45) is 5.92 Å². The Morgan fingerprint density at radius 3 is 2.82 bits per heavy atom. The topological polar surface area (TPSA) is 98.2 Å². The molecule has 0 amide bonds. The van der Waals surface area contributed by atoms with Crippen LogP contribution in [-0.4, -0.2) is 28.0 Å². The molecule has 1 heterocycles. The van der Waals surface area contributed by atoms with Gasteiger partial charge in [0.1, 0.15) is 6.20 Å². The molecule has 1 aromatic rings. The van der Waals surface area contributed by atoms with E-state index in [1.807, 2.05) is 11.8 Å². The van der Waals surface area contributed by atoms with Crippen molar-refractivity contribution in [1.82, 2.24) is 9.97 Å². The largest absolute Gasteiger partial charge is 0.378 e. The smallest absolute Gasteiger partial charge is 0.329 e. The number of nitro groups is 1. The second kappa shape index (κ2) is 4.52. The maximum atomic E-state index is 10.6. The van der Waals surface area contributed by atoms with Gasteiger partial charge in [0.2, 0.25) is 11.8 Å². The van der Waals surface area contributed by atoms with E-state index in [1.165, 1.54) is 19.0 Å². The summed E-state index contributed by atoms with van der Waals surface area (Å²) in [6.45, 7) is 3.67. The molecule has 0 aliphatic heterocycles. The Labute approximate surface area is 98.8 Å². The van der Waals surface area contributed by atoms with Crippen LogP contribution >= 0.6 is 0 Å². The van der Waals surface area contributed by atoms with Crippen molar-refractivity contribution < 1.29 is 4.92 Å². The Bertz CT molecular complexity index is 433. The minimum atomic E-state index is -0.573. The molecular weight excluding hydrogens is 222 g/mol. The van der Waals surface area contributed by atoms with Gasteiger partial charge in [-0.15, -0.1) is 0 Å². The van der Waals surface area contributed by atoms with Gasteiger partial charge in [0, 0.05) is 13.1 Å². The summed E-state index contributed by atoms with van der Waals surface area (Å²) in [5.74, 6) is 1.10. The van der Waals surface area contributed by atoms with Crippen LogP contribution in [0.1, 0.15) is 19.8 Å². The van der Waals surface area contributed by atoms with Gasteiger partial charge in [0.15, 0.2) is 0 Å². The first-order valence-electron chi connectivity index (χ1n) is 5.63. The summed E-state index contributed by atoms with van der Waals surface area (Å²) in [6, 6.07) is 0. The van der Waals surface area contributed by atoms with Gasteiger partial charge in [-0.1, -0.05) is 0 Å². The molecule has 17 heavy (non-hydrogen) atoms. The lowest BCUT2D eigenvalue weighted by Gasteiger charge is -2.20. The number of nitrogen functional groups attached to an aromatic ring is 1. The standard InChI is InChI=1S/C10H15N5O2/c1-2-14(6-7-3-4-7)10-12-5-8(15(16)17)9(11)13-10/h5,7H,2-4,6H2,1H3,(H2,11,12,13). The molecule has 0 aromatic carbocycles. The van der Waals surface area contributed by atoms with Gasteiger partial charge in [-0.3, -0.25) is 10.1 Å². The highest BCUT2D eigenvalue weighted by atomic mass is 16.6. The van der Waals surface area contributed by atoms with Gasteiger partial charge >= 0.3 is 5.69 Å². The fraction of sp³-hybridized carbons (Fsp3) is 0.600. The lowest BCUT2D eigenvalue weighted by molar-refractivity contribution is -0.384. The number of aromatic nitrogens is 2. The Balaban J connectivity index is 2.19. The highest BCUT2D eigenvalue weighted by molar-refractivity contribution is 5.53. The summed E-state index contributed by atoms with van der Waals surface area (Å²) in [5, 5.41) is 10.6. The molecule has 7 nitrogen and oxygen atoms in total. The van der Waals surface area contributed by atoms with Crippen molar-refractivity contribution in [1.29, 1.82) is 0 Å². The molecule has 0 saturated heterocycles. The molecule has 2 rings (SSSR count). The summed E-state index contributed by atoms with van der Waals surface area (Å²) >= 11 is 0. The predicted octanol–water partition coefficient (Wildman–Crippen LogP) is 1.20. The van der Waals surface area contributed by atoms with Gasteiger partial charge in [0.25, 0.3) is 0 Å². The molecule has 7 heteroatoms. The van der Waals surface area contributed by atoms with Crippen LogP contribution in [0.2, 0.25) is 0 Å². The number of rotatable bonds is 5. The first kappa shape index (κ1) is 11.6. The van der Waals surface area contributed by atoms with E-state index in [2.05, 4.69) is 9.97 Å². The van der Waals surface area contributed by atoms with Crippen molar-refractivity contribution >= 4 is 17.5 Å². The molecule has 2 N–H and O–H groups in total. The van der Waals surface area contributed by atoms with E-state index >= 15 is 0 Å². The van der Waals surface area contributed by atoms with E-state index in [1.54, 1.807) is 0 Å². The number of hydrogen-bond acceptors (Lipinski definition) is 6. The zero-order valence-electron chi connectivity index (χ0n) is 9.67. The molecule has 1 aromatic heterocycles. The fourth-order valence-corrected chi connectivity index (χ4v) is 1.64. The van der Waals surface area contributed by atoms with Crippen LogP contribution in [0.25, 0.3) is 0 Å². The van der Waals surface area contributed by atoms with Gasteiger partial charge in [-0.05, 0) is 25.7 Å². The molecule has 0 radical (unpaired) electrons. The SMILES string of the molecule is CCN(CC1CC1)c1ncc([N+](=O)[O-])c(N)n1. The van der Waals surface area contributed by atoms with Crippen molar-refractivity contribution in [3.8, 4) is 0 Å². The molecule has 0 atom stereocenters. The third-order valence-corrected chi connectivity index (χ3v) is 2.82. The van der Waals surface area contributed by atoms with Crippen LogP contribution in [0, 0.1) is 16.0 Å². The van der Waals surface area contributed by atoms with Crippen LogP contribution in [0.15, 0.2) is 6.20 Å². The van der Waals surface area contributed by atoms with E-state index in [4.69, 9.17) is 5.73 Å². The molecule has 1 fully saturated rings. The average Bonchev–Trinajstić information content (AvgIpc) is 3.09. The van der Waals surface area contributed by atoms with Gasteiger partial charge in [-0.2, -0.15) is 4.98 Å². The predicted molar refractivity (Wildman–Crippen MR) is 63.7 cm³/mol. The zero-order valence-corrected chi connectivity index (χ0v) is 9.67. The summed E-state index contributed by atoms with van der Waals surface area (Å²) in [6.07, 6.45) is 3.64. The molecule has 92 valence electrons. The Morgan fingerprint density at radius 1 is 1.65 bits per heavy atom. The number of anilines is 2.